The van der Waals surface area contributed by atoms with E-state index in [1.54, 1.807) is 0 Å². The number of likely N-dealkylation sites (tertiary alicyclic amines) is 1. The monoisotopic (exact) mass is 340 g/mol. The maximum absolute atomic E-state index is 10.1. The molecule has 0 spiro atoms. The average Bonchev–Trinajstić information content (AvgIpc) is 2.57. The Morgan fingerprint density at radius 2 is 2.10 bits per heavy atom. The molecule has 4 heteroatoms. The molecule has 1 saturated heterocycles. The van der Waals surface area contributed by atoms with Crippen LogP contribution in [0.2, 0.25) is 0 Å². The lowest BCUT2D eigenvalue weighted by Crippen LogP contribution is -2.30. The molecule has 0 saturated carbocycles. The molecule has 0 amide bonds. The van der Waals surface area contributed by atoms with Gasteiger partial charge in [-0.05, 0) is 57.3 Å². The molecule has 1 aromatic rings. The molecule has 0 aliphatic carbocycles. The Hall–Kier alpha value is -0.420. The van der Waals surface area contributed by atoms with E-state index in [1.165, 1.54) is 5.56 Å². The summed E-state index contributed by atoms with van der Waals surface area (Å²) in [7, 11) is 0. The Morgan fingerprint density at radius 1 is 1.35 bits per heavy atom. The van der Waals surface area contributed by atoms with Gasteiger partial charge in [0.05, 0.1) is 5.60 Å². The summed E-state index contributed by atoms with van der Waals surface area (Å²) in [4.78, 5) is 2.43. The van der Waals surface area contributed by atoms with Crippen LogP contribution >= 0.6 is 15.9 Å². The van der Waals surface area contributed by atoms with Crippen LogP contribution in [-0.4, -0.2) is 35.2 Å². The van der Waals surface area contributed by atoms with Crippen LogP contribution in [-0.2, 0) is 0 Å². The standard InChI is InChI=1S/C16H25BrN2O/c1-16(20)8-4-10-19(12-9-16)11-7-15(18)13-5-2-3-6-14(13)17/h2-3,5-6,15,20H,4,7-12,18H2,1H3. The molecule has 2 atom stereocenters. The minimum Gasteiger partial charge on any atom is -0.390 e. The zero-order valence-corrected chi connectivity index (χ0v) is 13.8. The molecule has 0 bridgehead atoms. The number of nitrogens with zero attached hydrogens (tertiary/aromatic N) is 1. The molecule has 1 fully saturated rings. The number of aliphatic hydroxyl groups is 1. The van der Waals surface area contributed by atoms with Crippen LogP contribution in [0.3, 0.4) is 0 Å². The number of benzene rings is 1. The first-order chi connectivity index (χ1) is 9.48. The van der Waals surface area contributed by atoms with Crippen molar-refractivity contribution in [3.8, 4) is 0 Å². The number of rotatable bonds is 4. The van der Waals surface area contributed by atoms with E-state index in [9.17, 15) is 5.11 Å². The molecule has 112 valence electrons. The Bertz CT molecular complexity index is 436. The molecule has 1 heterocycles. The van der Waals surface area contributed by atoms with E-state index in [1.807, 2.05) is 25.1 Å². The van der Waals surface area contributed by atoms with E-state index in [2.05, 4.69) is 26.9 Å². The number of hydrogen-bond acceptors (Lipinski definition) is 3. The van der Waals surface area contributed by atoms with Gasteiger partial charge in [-0.1, -0.05) is 34.1 Å². The number of halogens is 1. The van der Waals surface area contributed by atoms with Gasteiger partial charge in [0.2, 0.25) is 0 Å². The predicted molar refractivity (Wildman–Crippen MR) is 86.6 cm³/mol. The molecule has 3 N–H and O–H groups in total. The maximum atomic E-state index is 10.1. The summed E-state index contributed by atoms with van der Waals surface area (Å²) in [6.07, 6.45) is 3.78. The van der Waals surface area contributed by atoms with Gasteiger partial charge < -0.3 is 15.7 Å². The second-order valence-electron chi connectivity index (χ2n) is 6.11. The van der Waals surface area contributed by atoms with E-state index in [4.69, 9.17) is 5.73 Å². The molecule has 1 aromatic carbocycles. The van der Waals surface area contributed by atoms with Crippen LogP contribution in [0.5, 0.6) is 0 Å². The molecule has 20 heavy (non-hydrogen) atoms. The minimum atomic E-state index is -0.487. The Morgan fingerprint density at radius 3 is 2.85 bits per heavy atom. The normalized spacial score (nSPS) is 26.2. The average molecular weight is 341 g/mol. The molecule has 1 aliphatic rings. The van der Waals surface area contributed by atoms with Gasteiger partial charge in [-0.2, -0.15) is 0 Å². The summed E-state index contributed by atoms with van der Waals surface area (Å²) in [5, 5.41) is 10.1. The van der Waals surface area contributed by atoms with Crippen LogP contribution in [0.15, 0.2) is 28.7 Å². The molecule has 0 aromatic heterocycles. The first kappa shape index (κ1) is 16.0. The van der Waals surface area contributed by atoms with Crippen molar-refractivity contribution < 1.29 is 5.11 Å². The van der Waals surface area contributed by atoms with Gasteiger partial charge >= 0.3 is 0 Å². The predicted octanol–water partition coefficient (Wildman–Crippen LogP) is 3.08. The fraction of sp³-hybridized carbons (Fsp3) is 0.625. The third-order valence-electron chi connectivity index (χ3n) is 4.22. The van der Waals surface area contributed by atoms with Gasteiger partial charge in [-0.25, -0.2) is 0 Å². The largest absolute Gasteiger partial charge is 0.390 e. The van der Waals surface area contributed by atoms with Gasteiger partial charge in [0.15, 0.2) is 0 Å². The van der Waals surface area contributed by atoms with Crippen LogP contribution in [0.25, 0.3) is 0 Å². The third kappa shape index (κ3) is 4.55. The van der Waals surface area contributed by atoms with Gasteiger partial charge in [0, 0.05) is 17.1 Å². The topological polar surface area (TPSA) is 49.5 Å². The van der Waals surface area contributed by atoms with E-state index < -0.39 is 5.60 Å². The molecule has 2 unspecified atom stereocenters. The highest BCUT2D eigenvalue weighted by Gasteiger charge is 2.25. The summed E-state index contributed by atoms with van der Waals surface area (Å²) in [5.41, 5.74) is 6.99. The fourth-order valence-electron chi connectivity index (χ4n) is 2.80. The quantitative estimate of drug-likeness (QED) is 0.885. The van der Waals surface area contributed by atoms with Crippen LogP contribution in [0.1, 0.15) is 44.2 Å². The Labute approximate surface area is 130 Å². The molecule has 3 nitrogen and oxygen atoms in total. The maximum Gasteiger partial charge on any atom is 0.0632 e. The smallest absolute Gasteiger partial charge is 0.0632 e. The molecule has 0 radical (unpaired) electrons. The number of nitrogens with two attached hydrogens (primary N) is 1. The van der Waals surface area contributed by atoms with Crippen molar-refractivity contribution in [2.24, 2.45) is 5.73 Å². The second-order valence-corrected chi connectivity index (χ2v) is 6.96. The van der Waals surface area contributed by atoms with E-state index in [0.717, 1.165) is 49.8 Å². The van der Waals surface area contributed by atoms with Gasteiger partial charge in [-0.3, -0.25) is 0 Å². The first-order valence-electron chi connectivity index (χ1n) is 7.43. The van der Waals surface area contributed by atoms with E-state index >= 15 is 0 Å². The Kier molecular flexibility index (Phi) is 5.61. The molecule has 2 rings (SSSR count). The fourth-order valence-corrected chi connectivity index (χ4v) is 3.37. The molecular formula is C16H25BrN2O. The van der Waals surface area contributed by atoms with Gasteiger partial charge in [0.1, 0.15) is 0 Å². The zero-order valence-electron chi connectivity index (χ0n) is 12.2. The van der Waals surface area contributed by atoms with Crippen molar-refractivity contribution in [3.63, 3.8) is 0 Å². The highest BCUT2D eigenvalue weighted by atomic mass is 79.9. The zero-order chi connectivity index (χ0) is 14.6. The summed E-state index contributed by atoms with van der Waals surface area (Å²) in [6, 6.07) is 8.23. The van der Waals surface area contributed by atoms with Crippen LogP contribution in [0, 0.1) is 0 Å². The van der Waals surface area contributed by atoms with Crippen molar-refractivity contribution >= 4 is 15.9 Å². The minimum absolute atomic E-state index is 0.0642. The van der Waals surface area contributed by atoms with Crippen molar-refractivity contribution in [1.82, 2.24) is 4.90 Å². The lowest BCUT2D eigenvalue weighted by molar-refractivity contribution is 0.0446. The highest BCUT2D eigenvalue weighted by molar-refractivity contribution is 9.10. The van der Waals surface area contributed by atoms with Crippen molar-refractivity contribution in [3.05, 3.63) is 34.3 Å². The lowest BCUT2D eigenvalue weighted by Gasteiger charge is -2.24. The van der Waals surface area contributed by atoms with Crippen molar-refractivity contribution in [2.75, 3.05) is 19.6 Å². The van der Waals surface area contributed by atoms with E-state index in [0.29, 0.717) is 0 Å². The number of hydrogen-bond donors (Lipinski definition) is 2. The summed E-state index contributed by atoms with van der Waals surface area (Å²) < 4.78 is 1.09. The molecular weight excluding hydrogens is 316 g/mol. The van der Waals surface area contributed by atoms with Crippen LogP contribution in [0.4, 0.5) is 0 Å². The highest BCUT2D eigenvalue weighted by Crippen LogP contribution is 2.25. The van der Waals surface area contributed by atoms with Gasteiger partial charge in [-0.15, -0.1) is 0 Å². The summed E-state index contributed by atoms with van der Waals surface area (Å²) in [6.45, 7) is 4.98. The first-order valence-corrected chi connectivity index (χ1v) is 8.22. The summed E-state index contributed by atoms with van der Waals surface area (Å²) in [5.74, 6) is 0. The lowest BCUT2D eigenvalue weighted by atomic mass is 9.98. The third-order valence-corrected chi connectivity index (χ3v) is 4.94. The Balaban J connectivity index is 1.84. The second kappa shape index (κ2) is 7.03. The van der Waals surface area contributed by atoms with Crippen molar-refractivity contribution in [1.29, 1.82) is 0 Å². The van der Waals surface area contributed by atoms with Crippen LogP contribution < -0.4 is 5.73 Å². The van der Waals surface area contributed by atoms with Gasteiger partial charge in [0.25, 0.3) is 0 Å². The molecule has 1 aliphatic heterocycles. The summed E-state index contributed by atoms with van der Waals surface area (Å²) >= 11 is 3.56. The van der Waals surface area contributed by atoms with E-state index in [-0.39, 0.29) is 6.04 Å². The SMILES string of the molecule is CC1(O)CCCN(CCC(N)c2ccccc2Br)CC1. The van der Waals surface area contributed by atoms with Crippen molar-refractivity contribution in [2.45, 2.75) is 44.2 Å².